The topological polar surface area (TPSA) is 58.2 Å². The fourth-order valence-electron chi connectivity index (χ4n) is 2.89. The van der Waals surface area contributed by atoms with Crippen LogP contribution in [0.3, 0.4) is 0 Å². The monoisotopic (exact) mass is 386 g/mol. The molecule has 0 aliphatic carbocycles. The van der Waals surface area contributed by atoms with Crippen molar-refractivity contribution in [3.05, 3.63) is 58.1 Å². The Balaban J connectivity index is 1.57. The highest BCUT2D eigenvalue weighted by atomic mass is 79.9. The Hall–Kier alpha value is -2.14. The molecule has 0 radical (unpaired) electrons. The van der Waals surface area contributed by atoms with Gasteiger partial charge in [0.05, 0.1) is 5.69 Å². The summed E-state index contributed by atoms with van der Waals surface area (Å²) in [4.78, 5) is 24.3. The third-order valence-electron chi connectivity index (χ3n) is 4.23. The summed E-state index contributed by atoms with van der Waals surface area (Å²) in [5.41, 5.74) is 3.89. The van der Waals surface area contributed by atoms with Gasteiger partial charge in [0.1, 0.15) is 0 Å². The number of para-hydroxylation sites is 1. The van der Waals surface area contributed by atoms with Crippen LogP contribution in [0.15, 0.2) is 46.9 Å². The third-order valence-corrected chi connectivity index (χ3v) is 4.89. The zero-order valence-electron chi connectivity index (χ0n) is 13.4. The predicted molar refractivity (Wildman–Crippen MR) is 99.0 cm³/mol. The van der Waals surface area contributed by atoms with E-state index in [9.17, 15) is 9.59 Å². The Morgan fingerprint density at radius 2 is 2.08 bits per heavy atom. The lowest BCUT2D eigenvalue weighted by Gasteiger charge is -2.24. The lowest BCUT2D eigenvalue weighted by atomic mass is 9.89. The van der Waals surface area contributed by atoms with Crippen LogP contribution < -0.4 is 10.6 Å². The van der Waals surface area contributed by atoms with Gasteiger partial charge in [-0.25, -0.2) is 0 Å². The van der Waals surface area contributed by atoms with Gasteiger partial charge in [0.2, 0.25) is 11.8 Å². The molecule has 3 rings (SSSR count). The minimum absolute atomic E-state index is 0.00184. The second kappa shape index (κ2) is 7.18. The van der Waals surface area contributed by atoms with Gasteiger partial charge in [-0.15, -0.1) is 0 Å². The highest BCUT2D eigenvalue weighted by Crippen LogP contribution is 2.28. The van der Waals surface area contributed by atoms with Crippen molar-refractivity contribution in [1.29, 1.82) is 0 Å². The van der Waals surface area contributed by atoms with Crippen LogP contribution in [0.5, 0.6) is 0 Å². The number of carbonyl (C=O) groups excluding carboxylic acids is 2. The molecular formula is C19H19BrN2O2. The van der Waals surface area contributed by atoms with E-state index in [4.69, 9.17) is 0 Å². The van der Waals surface area contributed by atoms with E-state index in [1.54, 1.807) is 0 Å². The van der Waals surface area contributed by atoms with Crippen molar-refractivity contribution in [2.75, 3.05) is 10.6 Å². The predicted octanol–water partition coefficient (Wildman–Crippen LogP) is 4.29. The molecule has 0 spiro atoms. The molecule has 1 aliphatic heterocycles. The average Bonchev–Trinajstić information content (AvgIpc) is 2.55. The smallest absolute Gasteiger partial charge is 0.227 e. The highest BCUT2D eigenvalue weighted by Gasteiger charge is 2.26. The first kappa shape index (κ1) is 16.7. The van der Waals surface area contributed by atoms with Gasteiger partial charge in [0.15, 0.2) is 0 Å². The van der Waals surface area contributed by atoms with Gasteiger partial charge >= 0.3 is 0 Å². The summed E-state index contributed by atoms with van der Waals surface area (Å²) in [6.07, 6.45) is 1.54. The minimum Gasteiger partial charge on any atom is -0.326 e. The van der Waals surface area contributed by atoms with Crippen LogP contribution in [-0.2, 0) is 16.0 Å². The molecule has 0 bridgehead atoms. The van der Waals surface area contributed by atoms with Gasteiger partial charge in [0.25, 0.3) is 0 Å². The molecule has 1 heterocycles. The van der Waals surface area contributed by atoms with E-state index in [2.05, 4.69) is 26.6 Å². The van der Waals surface area contributed by atoms with Gasteiger partial charge in [0, 0.05) is 22.5 Å². The number of rotatable bonds is 4. The van der Waals surface area contributed by atoms with Crippen molar-refractivity contribution in [2.24, 2.45) is 5.92 Å². The molecule has 4 nitrogen and oxygen atoms in total. The molecule has 5 heteroatoms. The van der Waals surface area contributed by atoms with Crippen molar-refractivity contribution in [3.63, 3.8) is 0 Å². The minimum atomic E-state index is -0.160. The SMILES string of the molecule is Cc1ccc(NC(=O)CCC2Cc3ccccc3NC2=O)c(Br)c1. The summed E-state index contributed by atoms with van der Waals surface area (Å²) >= 11 is 3.45. The molecule has 24 heavy (non-hydrogen) atoms. The molecule has 2 N–H and O–H groups in total. The maximum atomic E-state index is 12.2. The molecule has 2 aromatic rings. The Morgan fingerprint density at radius 1 is 1.29 bits per heavy atom. The first-order valence-electron chi connectivity index (χ1n) is 7.97. The van der Waals surface area contributed by atoms with Crippen molar-refractivity contribution in [2.45, 2.75) is 26.2 Å². The Morgan fingerprint density at radius 3 is 2.88 bits per heavy atom. The summed E-state index contributed by atoms with van der Waals surface area (Å²) in [7, 11) is 0. The molecule has 1 unspecified atom stereocenters. The lowest BCUT2D eigenvalue weighted by molar-refractivity contribution is -0.121. The van der Waals surface area contributed by atoms with Crippen molar-refractivity contribution >= 4 is 39.1 Å². The van der Waals surface area contributed by atoms with Crippen LogP contribution in [0, 0.1) is 12.8 Å². The molecule has 0 aromatic heterocycles. The number of aryl methyl sites for hydroxylation is 1. The van der Waals surface area contributed by atoms with Crippen molar-refractivity contribution in [1.82, 2.24) is 0 Å². The summed E-state index contributed by atoms with van der Waals surface area (Å²) in [5, 5.41) is 5.81. The second-order valence-electron chi connectivity index (χ2n) is 6.12. The zero-order chi connectivity index (χ0) is 17.1. The second-order valence-corrected chi connectivity index (χ2v) is 6.97. The highest BCUT2D eigenvalue weighted by molar-refractivity contribution is 9.10. The molecule has 124 valence electrons. The molecule has 0 saturated heterocycles. The van der Waals surface area contributed by atoms with E-state index in [0.29, 0.717) is 19.3 Å². The number of amides is 2. The zero-order valence-corrected chi connectivity index (χ0v) is 15.0. The fourth-order valence-corrected chi connectivity index (χ4v) is 3.48. The van der Waals surface area contributed by atoms with E-state index in [1.165, 1.54) is 0 Å². The van der Waals surface area contributed by atoms with E-state index in [-0.39, 0.29) is 17.7 Å². The molecule has 0 fully saturated rings. The quantitative estimate of drug-likeness (QED) is 0.823. The van der Waals surface area contributed by atoms with Crippen LogP contribution in [0.4, 0.5) is 11.4 Å². The number of halogens is 1. The first-order valence-corrected chi connectivity index (χ1v) is 8.77. The Labute approximate surface area is 149 Å². The van der Waals surface area contributed by atoms with E-state index in [0.717, 1.165) is 27.0 Å². The summed E-state index contributed by atoms with van der Waals surface area (Å²) < 4.78 is 0.861. The Kier molecular flexibility index (Phi) is 5.00. The largest absolute Gasteiger partial charge is 0.326 e. The number of benzene rings is 2. The number of nitrogens with one attached hydrogen (secondary N) is 2. The number of anilines is 2. The number of carbonyl (C=O) groups is 2. The third kappa shape index (κ3) is 3.85. The van der Waals surface area contributed by atoms with Gasteiger partial charge in [-0.05, 0) is 65.0 Å². The summed E-state index contributed by atoms with van der Waals surface area (Å²) in [6.45, 7) is 2.00. The maximum absolute atomic E-state index is 12.2. The van der Waals surface area contributed by atoms with Crippen molar-refractivity contribution in [3.8, 4) is 0 Å². The maximum Gasteiger partial charge on any atom is 0.227 e. The van der Waals surface area contributed by atoms with Crippen LogP contribution in [0.25, 0.3) is 0 Å². The normalized spacial score (nSPS) is 16.2. The van der Waals surface area contributed by atoms with E-state index >= 15 is 0 Å². The molecule has 2 amide bonds. The van der Waals surface area contributed by atoms with Gasteiger partial charge < -0.3 is 10.6 Å². The van der Waals surface area contributed by atoms with Crippen LogP contribution in [-0.4, -0.2) is 11.8 Å². The lowest BCUT2D eigenvalue weighted by Crippen LogP contribution is -2.30. The average molecular weight is 387 g/mol. The van der Waals surface area contributed by atoms with Crippen LogP contribution >= 0.6 is 15.9 Å². The molecule has 2 aromatic carbocycles. The van der Waals surface area contributed by atoms with Gasteiger partial charge in [-0.3, -0.25) is 9.59 Å². The Bertz CT molecular complexity index is 789. The van der Waals surface area contributed by atoms with Gasteiger partial charge in [-0.2, -0.15) is 0 Å². The standard InChI is InChI=1S/C19H19BrN2O2/c1-12-6-8-17(15(20)10-12)21-18(23)9-7-14-11-13-4-2-3-5-16(13)22-19(14)24/h2-6,8,10,14H,7,9,11H2,1H3,(H,21,23)(H,22,24). The van der Waals surface area contributed by atoms with E-state index in [1.807, 2.05) is 49.4 Å². The molecule has 1 aliphatic rings. The number of fused-ring (bicyclic) bond motifs is 1. The molecule has 1 atom stereocenters. The summed E-state index contributed by atoms with van der Waals surface area (Å²) in [6, 6.07) is 13.6. The van der Waals surface area contributed by atoms with Gasteiger partial charge in [-0.1, -0.05) is 24.3 Å². The number of hydrogen-bond donors (Lipinski definition) is 2. The fraction of sp³-hybridized carbons (Fsp3) is 0.263. The molecule has 0 saturated carbocycles. The summed E-state index contributed by atoms with van der Waals surface area (Å²) in [5.74, 6) is -0.240. The number of hydrogen-bond acceptors (Lipinski definition) is 2. The van der Waals surface area contributed by atoms with E-state index < -0.39 is 0 Å². The van der Waals surface area contributed by atoms with Crippen LogP contribution in [0.2, 0.25) is 0 Å². The molecular weight excluding hydrogens is 368 g/mol. The van der Waals surface area contributed by atoms with Crippen molar-refractivity contribution < 1.29 is 9.59 Å². The first-order chi connectivity index (χ1) is 11.5. The van der Waals surface area contributed by atoms with Crippen LogP contribution in [0.1, 0.15) is 24.0 Å².